The van der Waals surface area contributed by atoms with E-state index in [1.165, 1.54) is 11.9 Å². The van der Waals surface area contributed by atoms with Crippen molar-refractivity contribution in [2.45, 2.75) is 33.6 Å². The van der Waals surface area contributed by atoms with E-state index in [1.54, 1.807) is 0 Å². The van der Waals surface area contributed by atoms with E-state index >= 15 is 0 Å². The number of hydrogen-bond donors (Lipinski definition) is 0. The molecule has 3 atom stereocenters. The zero-order valence-corrected chi connectivity index (χ0v) is 8.05. The van der Waals surface area contributed by atoms with Crippen LogP contribution in [0.2, 0.25) is 0 Å². The molecule has 2 aliphatic rings. The van der Waals surface area contributed by atoms with E-state index in [0.717, 1.165) is 12.8 Å². The molecule has 0 spiro atoms. The summed E-state index contributed by atoms with van der Waals surface area (Å²) < 4.78 is 0. The lowest BCUT2D eigenvalue weighted by molar-refractivity contribution is -0.114. The standard InChI is InChI=1S/C11H16O/c1-8-4-9(2)11(7-12)6-10(11,3)5-8/h4,7,9H,5-6H2,1-3H3. The van der Waals surface area contributed by atoms with Gasteiger partial charge in [-0.3, -0.25) is 0 Å². The Kier molecular flexibility index (Phi) is 1.35. The van der Waals surface area contributed by atoms with Crippen molar-refractivity contribution in [2.75, 3.05) is 0 Å². The maximum atomic E-state index is 11.0. The van der Waals surface area contributed by atoms with Gasteiger partial charge in [-0.1, -0.05) is 25.5 Å². The Morgan fingerprint density at radius 1 is 1.67 bits per heavy atom. The molecule has 66 valence electrons. The largest absolute Gasteiger partial charge is 0.303 e. The molecule has 1 nitrogen and oxygen atoms in total. The lowest BCUT2D eigenvalue weighted by atomic mass is 9.76. The molecule has 0 saturated heterocycles. The molecule has 2 rings (SSSR count). The first-order valence-corrected chi connectivity index (χ1v) is 4.68. The van der Waals surface area contributed by atoms with Gasteiger partial charge in [0, 0.05) is 5.41 Å². The highest BCUT2D eigenvalue weighted by Gasteiger charge is 2.67. The van der Waals surface area contributed by atoms with Crippen molar-refractivity contribution in [3.63, 3.8) is 0 Å². The van der Waals surface area contributed by atoms with E-state index in [4.69, 9.17) is 0 Å². The summed E-state index contributed by atoms with van der Waals surface area (Å²) >= 11 is 0. The van der Waals surface area contributed by atoms with Crippen LogP contribution in [0.5, 0.6) is 0 Å². The summed E-state index contributed by atoms with van der Waals surface area (Å²) in [6.45, 7) is 6.59. The first-order chi connectivity index (χ1) is 5.54. The summed E-state index contributed by atoms with van der Waals surface area (Å²) in [5.74, 6) is 0.453. The molecule has 0 aliphatic heterocycles. The molecular formula is C11H16O. The van der Waals surface area contributed by atoms with E-state index in [1.807, 2.05) is 0 Å². The molecule has 0 bridgehead atoms. The third-order valence-electron chi connectivity index (χ3n) is 3.91. The fourth-order valence-corrected chi connectivity index (χ4v) is 3.08. The third-order valence-corrected chi connectivity index (χ3v) is 3.91. The van der Waals surface area contributed by atoms with Gasteiger partial charge in [-0.05, 0) is 31.1 Å². The Bertz CT molecular complexity index is 266. The maximum Gasteiger partial charge on any atom is 0.127 e. The van der Waals surface area contributed by atoms with E-state index in [9.17, 15) is 4.79 Å². The average Bonchev–Trinajstić information content (AvgIpc) is 2.56. The monoisotopic (exact) mass is 164 g/mol. The van der Waals surface area contributed by atoms with Gasteiger partial charge < -0.3 is 4.79 Å². The Labute approximate surface area is 73.8 Å². The smallest absolute Gasteiger partial charge is 0.127 e. The zero-order chi connectivity index (χ0) is 8.98. The van der Waals surface area contributed by atoms with Crippen molar-refractivity contribution in [1.82, 2.24) is 0 Å². The van der Waals surface area contributed by atoms with Crippen LogP contribution in [0.15, 0.2) is 11.6 Å². The van der Waals surface area contributed by atoms with Crippen molar-refractivity contribution < 1.29 is 4.79 Å². The highest BCUT2D eigenvalue weighted by atomic mass is 16.1. The minimum Gasteiger partial charge on any atom is -0.303 e. The maximum absolute atomic E-state index is 11.0. The van der Waals surface area contributed by atoms with E-state index in [-0.39, 0.29) is 5.41 Å². The highest BCUT2D eigenvalue weighted by molar-refractivity contribution is 5.69. The number of rotatable bonds is 1. The second-order valence-electron chi connectivity index (χ2n) is 4.87. The van der Waals surface area contributed by atoms with Gasteiger partial charge in [0.05, 0.1) is 0 Å². The first kappa shape index (κ1) is 8.03. The molecular weight excluding hydrogens is 148 g/mol. The van der Waals surface area contributed by atoms with Crippen molar-refractivity contribution >= 4 is 6.29 Å². The van der Waals surface area contributed by atoms with Crippen LogP contribution < -0.4 is 0 Å². The first-order valence-electron chi connectivity index (χ1n) is 4.68. The Morgan fingerprint density at radius 2 is 2.33 bits per heavy atom. The number of carbonyl (C=O) groups is 1. The molecule has 0 N–H and O–H groups in total. The molecule has 0 radical (unpaired) electrons. The number of carbonyl (C=O) groups excluding carboxylic acids is 1. The average molecular weight is 164 g/mol. The molecule has 0 aromatic carbocycles. The lowest BCUT2D eigenvalue weighted by Crippen LogP contribution is -2.24. The van der Waals surface area contributed by atoms with Gasteiger partial charge in [0.15, 0.2) is 0 Å². The lowest BCUT2D eigenvalue weighted by Gasteiger charge is -2.27. The fraction of sp³-hybridized carbons (Fsp3) is 0.727. The SMILES string of the molecule is CC1=CC(C)C2(C=O)CC2(C)C1. The van der Waals surface area contributed by atoms with Gasteiger partial charge in [-0.25, -0.2) is 0 Å². The summed E-state index contributed by atoms with van der Waals surface area (Å²) in [6.07, 6.45) is 5.68. The van der Waals surface area contributed by atoms with Crippen LogP contribution in [-0.2, 0) is 4.79 Å². The third kappa shape index (κ3) is 0.720. The molecule has 2 aliphatic carbocycles. The predicted molar refractivity (Wildman–Crippen MR) is 48.8 cm³/mol. The number of aldehydes is 1. The zero-order valence-electron chi connectivity index (χ0n) is 8.05. The molecule has 1 fully saturated rings. The van der Waals surface area contributed by atoms with Crippen LogP contribution in [0.1, 0.15) is 33.6 Å². The van der Waals surface area contributed by atoms with Crippen LogP contribution in [0, 0.1) is 16.7 Å². The molecule has 12 heavy (non-hydrogen) atoms. The minimum absolute atomic E-state index is 0.00646. The van der Waals surface area contributed by atoms with Crippen LogP contribution >= 0.6 is 0 Å². The van der Waals surface area contributed by atoms with E-state index in [0.29, 0.717) is 11.3 Å². The molecule has 3 unspecified atom stereocenters. The van der Waals surface area contributed by atoms with Gasteiger partial charge in [0.1, 0.15) is 6.29 Å². The molecule has 0 amide bonds. The normalized spacial score (nSPS) is 50.9. The topological polar surface area (TPSA) is 17.1 Å². The number of fused-ring (bicyclic) bond motifs is 1. The van der Waals surface area contributed by atoms with Gasteiger partial charge in [0.2, 0.25) is 0 Å². The quantitative estimate of drug-likeness (QED) is 0.430. The Hall–Kier alpha value is -0.590. The molecule has 0 heterocycles. The van der Waals surface area contributed by atoms with Crippen LogP contribution in [-0.4, -0.2) is 6.29 Å². The Balaban J connectivity index is 2.37. The summed E-state index contributed by atoms with van der Waals surface area (Å²) in [7, 11) is 0. The highest BCUT2D eigenvalue weighted by Crippen LogP contribution is 2.71. The van der Waals surface area contributed by atoms with Crippen LogP contribution in [0.4, 0.5) is 0 Å². The van der Waals surface area contributed by atoms with Crippen molar-refractivity contribution in [2.24, 2.45) is 16.7 Å². The summed E-state index contributed by atoms with van der Waals surface area (Å²) in [6, 6.07) is 0. The molecule has 1 heteroatoms. The van der Waals surface area contributed by atoms with Crippen molar-refractivity contribution in [1.29, 1.82) is 0 Å². The van der Waals surface area contributed by atoms with Gasteiger partial charge in [-0.2, -0.15) is 0 Å². The van der Waals surface area contributed by atoms with Crippen LogP contribution in [0.3, 0.4) is 0 Å². The second kappa shape index (κ2) is 2.01. The van der Waals surface area contributed by atoms with Crippen molar-refractivity contribution in [3.05, 3.63) is 11.6 Å². The van der Waals surface area contributed by atoms with E-state index in [2.05, 4.69) is 26.8 Å². The van der Waals surface area contributed by atoms with E-state index < -0.39 is 0 Å². The molecule has 0 aromatic rings. The summed E-state index contributed by atoms with van der Waals surface area (Å²) in [4.78, 5) is 11.0. The fourth-order valence-electron chi connectivity index (χ4n) is 3.08. The number of allylic oxidation sites excluding steroid dienone is 2. The molecule has 1 saturated carbocycles. The minimum atomic E-state index is 0.00646. The Morgan fingerprint density at radius 3 is 2.83 bits per heavy atom. The van der Waals surface area contributed by atoms with Gasteiger partial charge in [0.25, 0.3) is 0 Å². The summed E-state index contributed by atoms with van der Waals surface area (Å²) in [5.41, 5.74) is 1.76. The van der Waals surface area contributed by atoms with Crippen LogP contribution in [0.25, 0.3) is 0 Å². The van der Waals surface area contributed by atoms with Gasteiger partial charge in [-0.15, -0.1) is 0 Å². The number of hydrogen-bond acceptors (Lipinski definition) is 1. The predicted octanol–water partition coefficient (Wildman–Crippen LogP) is 2.57. The van der Waals surface area contributed by atoms with Crippen molar-refractivity contribution in [3.8, 4) is 0 Å². The van der Waals surface area contributed by atoms with Gasteiger partial charge >= 0.3 is 0 Å². The molecule has 0 aromatic heterocycles. The summed E-state index contributed by atoms with van der Waals surface area (Å²) in [5, 5.41) is 0. The second-order valence-corrected chi connectivity index (χ2v) is 4.87.